The number of hydrogen-bond acceptors (Lipinski definition) is 4. The summed E-state index contributed by atoms with van der Waals surface area (Å²) in [5.41, 5.74) is 2.97. The molecule has 120 valence electrons. The third kappa shape index (κ3) is 2.70. The molecule has 1 spiro atoms. The highest BCUT2D eigenvalue weighted by Gasteiger charge is 2.48. The van der Waals surface area contributed by atoms with E-state index in [0.29, 0.717) is 6.54 Å². The largest absolute Gasteiger partial charge is 0.395 e. The maximum absolute atomic E-state index is 12.8. The summed E-state index contributed by atoms with van der Waals surface area (Å²) in [6, 6.07) is 4.20. The number of β-amino-alcohol motifs (C(OH)–C–C–N with tert-alkyl or cyclic N) is 1. The number of carbonyl (C=O) groups excluding carboxylic acids is 1. The predicted octanol–water partition coefficient (Wildman–Crippen LogP) is 1.51. The van der Waals surface area contributed by atoms with Gasteiger partial charge >= 0.3 is 0 Å². The van der Waals surface area contributed by atoms with Crippen LogP contribution < -0.4 is 4.90 Å². The SMILES string of the molecule is Cc1cc(N2CCC3(CCCN(CCO)C3=O)C2)cc(C)n1. The number of hydrogen-bond donors (Lipinski definition) is 1. The first-order chi connectivity index (χ1) is 10.5. The lowest BCUT2D eigenvalue weighted by Crippen LogP contribution is -2.50. The fourth-order valence-electron chi connectivity index (χ4n) is 3.95. The molecule has 1 unspecified atom stereocenters. The van der Waals surface area contributed by atoms with Crippen LogP contribution in [0, 0.1) is 19.3 Å². The predicted molar refractivity (Wildman–Crippen MR) is 85.9 cm³/mol. The van der Waals surface area contributed by atoms with Gasteiger partial charge in [0.25, 0.3) is 0 Å². The van der Waals surface area contributed by atoms with Crippen molar-refractivity contribution < 1.29 is 9.90 Å². The highest BCUT2D eigenvalue weighted by atomic mass is 16.3. The Hall–Kier alpha value is -1.62. The molecule has 0 aliphatic carbocycles. The lowest BCUT2D eigenvalue weighted by molar-refractivity contribution is -0.145. The van der Waals surface area contributed by atoms with Crippen molar-refractivity contribution in [1.82, 2.24) is 9.88 Å². The lowest BCUT2D eigenvalue weighted by Gasteiger charge is -2.39. The van der Waals surface area contributed by atoms with Crippen LogP contribution >= 0.6 is 0 Å². The third-order valence-electron chi connectivity index (χ3n) is 4.98. The second-order valence-corrected chi connectivity index (χ2v) is 6.68. The molecule has 2 aliphatic rings. The van der Waals surface area contributed by atoms with Gasteiger partial charge in [0.15, 0.2) is 0 Å². The molecule has 1 N–H and O–H groups in total. The Morgan fingerprint density at radius 1 is 1.23 bits per heavy atom. The Morgan fingerprint density at radius 2 is 1.95 bits per heavy atom. The number of piperidine rings is 1. The van der Waals surface area contributed by atoms with Crippen LogP contribution in [0.1, 0.15) is 30.7 Å². The van der Waals surface area contributed by atoms with E-state index in [1.54, 1.807) is 0 Å². The normalized spacial score (nSPS) is 25.3. The summed E-state index contributed by atoms with van der Waals surface area (Å²) in [7, 11) is 0. The minimum Gasteiger partial charge on any atom is -0.395 e. The van der Waals surface area contributed by atoms with Gasteiger partial charge < -0.3 is 14.9 Å². The van der Waals surface area contributed by atoms with E-state index in [2.05, 4.69) is 22.0 Å². The van der Waals surface area contributed by atoms with Crippen molar-refractivity contribution in [3.63, 3.8) is 0 Å². The maximum Gasteiger partial charge on any atom is 0.230 e. The summed E-state index contributed by atoms with van der Waals surface area (Å²) >= 11 is 0. The van der Waals surface area contributed by atoms with Crippen molar-refractivity contribution in [3.8, 4) is 0 Å². The molecule has 0 aromatic carbocycles. The second kappa shape index (κ2) is 5.88. The molecule has 1 amide bonds. The molecular formula is C17H25N3O2. The molecule has 1 atom stereocenters. The molecular weight excluding hydrogens is 278 g/mol. The molecule has 5 heteroatoms. The Bertz CT molecular complexity index is 553. The first kappa shape index (κ1) is 15.3. The highest BCUT2D eigenvalue weighted by Crippen LogP contribution is 2.41. The minimum absolute atomic E-state index is 0.0499. The Morgan fingerprint density at radius 3 is 2.64 bits per heavy atom. The van der Waals surface area contributed by atoms with E-state index in [1.807, 2.05) is 18.7 Å². The van der Waals surface area contributed by atoms with Crippen LogP contribution in [0.5, 0.6) is 0 Å². The standard InChI is InChI=1S/C17H25N3O2/c1-13-10-15(11-14(2)18-13)20-7-5-17(12-20)4-3-6-19(8-9-21)16(17)22/h10-11,21H,3-9,12H2,1-2H3. The van der Waals surface area contributed by atoms with E-state index < -0.39 is 0 Å². The monoisotopic (exact) mass is 303 g/mol. The summed E-state index contributed by atoms with van der Waals surface area (Å²) in [5.74, 6) is 0.234. The van der Waals surface area contributed by atoms with E-state index in [0.717, 1.165) is 50.3 Å². The molecule has 0 saturated carbocycles. The fraction of sp³-hybridized carbons (Fsp3) is 0.647. The van der Waals surface area contributed by atoms with Crippen molar-refractivity contribution in [2.45, 2.75) is 33.1 Å². The van der Waals surface area contributed by atoms with E-state index in [1.165, 1.54) is 5.69 Å². The Labute approximate surface area is 131 Å². The number of aliphatic hydroxyl groups is 1. The zero-order chi connectivity index (χ0) is 15.7. The number of aromatic nitrogens is 1. The lowest BCUT2D eigenvalue weighted by atomic mass is 9.78. The topological polar surface area (TPSA) is 56.7 Å². The summed E-state index contributed by atoms with van der Waals surface area (Å²) in [6.45, 7) is 7.03. The summed E-state index contributed by atoms with van der Waals surface area (Å²) in [5, 5.41) is 9.15. The van der Waals surface area contributed by atoms with Crippen molar-refractivity contribution in [1.29, 1.82) is 0 Å². The van der Waals surface area contributed by atoms with Gasteiger partial charge in [0, 0.05) is 43.3 Å². The molecule has 1 aromatic rings. The highest BCUT2D eigenvalue weighted by molar-refractivity contribution is 5.85. The molecule has 0 radical (unpaired) electrons. The number of nitrogens with zero attached hydrogens (tertiary/aromatic N) is 3. The van der Waals surface area contributed by atoms with Crippen LogP contribution in [-0.2, 0) is 4.79 Å². The minimum atomic E-state index is -0.251. The van der Waals surface area contributed by atoms with Crippen LogP contribution in [0.4, 0.5) is 5.69 Å². The average molecular weight is 303 g/mol. The first-order valence-corrected chi connectivity index (χ1v) is 8.15. The molecule has 5 nitrogen and oxygen atoms in total. The molecule has 3 heterocycles. The van der Waals surface area contributed by atoms with Gasteiger partial charge in [-0.2, -0.15) is 0 Å². The second-order valence-electron chi connectivity index (χ2n) is 6.68. The number of anilines is 1. The van der Waals surface area contributed by atoms with Gasteiger partial charge in [0.1, 0.15) is 0 Å². The number of aryl methyl sites for hydroxylation is 2. The van der Waals surface area contributed by atoms with Crippen LogP contribution in [0.3, 0.4) is 0 Å². The van der Waals surface area contributed by atoms with Crippen molar-refractivity contribution in [2.24, 2.45) is 5.41 Å². The number of carbonyl (C=O) groups is 1. The molecule has 0 bridgehead atoms. The number of rotatable bonds is 3. The van der Waals surface area contributed by atoms with E-state index in [-0.39, 0.29) is 17.9 Å². The molecule has 2 fully saturated rings. The van der Waals surface area contributed by atoms with Crippen LogP contribution in [-0.4, -0.2) is 53.7 Å². The Kier molecular flexibility index (Phi) is 4.08. The maximum atomic E-state index is 12.8. The van der Waals surface area contributed by atoms with Gasteiger partial charge in [-0.3, -0.25) is 9.78 Å². The molecule has 22 heavy (non-hydrogen) atoms. The summed E-state index contributed by atoms with van der Waals surface area (Å²) < 4.78 is 0. The molecule has 2 aliphatic heterocycles. The first-order valence-electron chi connectivity index (χ1n) is 8.15. The zero-order valence-corrected chi connectivity index (χ0v) is 13.5. The van der Waals surface area contributed by atoms with Gasteiger partial charge in [0.2, 0.25) is 5.91 Å². The summed E-state index contributed by atoms with van der Waals surface area (Å²) in [4.78, 5) is 21.4. The number of aliphatic hydroxyl groups excluding tert-OH is 1. The van der Waals surface area contributed by atoms with Crippen molar-refractivity contribution >= 4 is 11.6 Å². The quantitative estimate of drug-likeness (QED) is 0.919. The molecule has 3 rings (SSSR count). The van der Waals surface area contributed by atoms with Gasteiger partial charge in [-0.05, 0) is 45.2 Å². The van der Waals surface area contributed by atoms with E-state index in [9.17, 15) is 4.79 Å². The van der Waals surface area contributed by atoms with Crippen molar-refractivity contribution in [3.05, 3.63) is 23.5 Å². The molecule has 2 saturated heterocycles. The van der Waals surface area contributed by atoms with Crippen LogP contribution in [0.15, 0.2) is 12.1 Å². The Balaban J connectivity index is 1.79. The zero-order valence-electron chi connectivity index (χ0n) is 13.5. The average Bonchev–Trinajstić information content (AvgIpc) is 2.89. The fourth-order valence-corrected chi connectivity index (χ4v) is 3.95. The number of pyridine rings is 1. The van der Waals surface area contributed by atoms with Gasteiger partial charge in [-0.25, -0.2) is 0 Å². The molecule has 1 aromatic heterocycles. The van der Waals surface area contributed by atoms with Gasteiger partial charge in [0.05, 0.1) is 12.0 Å². The van der Waals surface area contributed by atoms with E-state index >= 15 is 0 Å². The summed E-state index contributed by atoms with van der Waals surface area (Å²) in [6.07, 6.45) is 2.91. The van der Waals surface area contributed by atoms with E-state index in [4.69, 9.17) is 5.11 Å². The van der Waals surface area contributed by atoms with Gasteiger partial charge in [-0.15, -0.1) is 0 Å². The van der Waals surface area contributed by atoms with Crippen molar-refractivity contribution in [2.75, 3.05) is 37.7 Å². The number of amides is 1. The van der Waals surface area contributed by atoms with Crippen LogP contribution in [0.2, 0.25) is 0 Å². The third-order valence-corrected chi connectivity index (χ3v) is 4.98. The smallest absolute Gasteiger partial charge is 0.230 e. The number of likely N-dealkylation sites (tertiary alicyclic amines) is 1. The van der Waals surface area contributed by atoms with Crippen LogP contribution in [0.25, 0.3) is 0 Å². The van der Waals surface area contributed by atoms with Gasteiger partial charge in [-0.1, -0.05) is 0 Å².